The third-order valence-corrected chi connectivity index (χ3v) is 6.48. The van der Waals surface area contributed by atoms with Gasteiger partial charge in [0.05, 0.1) is 0 Å². The summed E-state index contributed by atoms with van der Waals surface area (Å²) in [4.78, 5) is 4.74. The fraction of sp³-hybridized carbons (Fsp3) is 0.480. The summed E-state index contributed by atoms with van der Waals surface area (Å²) in [5.41, 5.74) is 6.12. The first-order valence-electron chi connectivity index (χ1n) is 11.2. The fourth-order valence-electron chi connectivity index (χ4n) is 4.07. The number of nitrogens with zero attached hydrogens (tertiary/aromatic N) is 2. The van der Waals surface area contributed by atoms with Gasteiger partial charge in [-0.1, -0.05) is 36.7 Å². The monoisotopic (exact) mass is 459 g/mol. The van der Waals surface area contributed by atoms with Crippen LogP contribution in [0.4, 0.5) is 11.4 Å². The molecule has 0 radical (unpaired) electrons. The van der Waals surface area contributed by atoms with Crippen LogP contribution in [0.2, 0.25) is 5.02 Å². The summed E-state index contributed by atoms with van der Waals surface area (Å²) in [5, 5.41) is 4.82. The molecule has 0 amide bonds. The summed E-state index contributed by atoms with van der Waals surface area (Å²) in [6.07, 6.45) is 4.47. The summed E-state index contributed by atoms with van der Waals surface area (Å²) in [6, 6.07) is 12.9. The van der Waals surface area contributed by atoms with E-state index in [1.54, 1.807) is 7.11 Å². The zero-order chi connectivity index (χ0) is 22.2. The molecule has 0 atom stereocenters. The maximum Gasteiger partial charge on any atom is 0.173 e. The quantitative estimate of drug-likeness (QED) is 0.364. The van der Waals surface area contributed by atoms with Gasteiger partial charge in [0, 0.05) is 56.3 Å². The number of methoxy groups -OCH3 is 1. The highest BCUT2D eigenvalue weighted by Gasteiger charge is 2.18. The van der Waals surface area contributed by atoms with E-state index < -0.39 is 0 Å². The van der Waals surface area contributed by atoms with E-state index in [9.17, 15) is 0 Å². The van der Waals surface area contributed by atoms with E-state index in [4.69, 9.17) is 28.6 Å². The molecule has 2 aromatic carbocycles. The molecular weight excluding hydrogens is 426 g/mol. The van der Waals surface area contributed by atoms with E-state index in [-0.39, 0.29) is 0 Å². The summed E-state index contributed by atoms with van der Waals surface area (Å²) in [7, 11) is 1.74. The normalized spacial score (nSPS) is 13.1. The van der Waals surface area contributed by atoms with Gasteiger partial charge in [0.1, 0.15) is 0 Å². The number of hydrogen-bond donors (Lipinski definition) is 1. The number of benzene rings is 2. The number of halogens is 1. The number of rotatable bonds is 9. The first-order chi connectivity index (χ1) is 15.0. The summed E-state index contributed by atoms with van der Waals surface area (Å²) in [5.74, 6) is 0. The Hall–Kier alpha value is -1.82. The molecule has 0 spiro atoms. The number of thiocarbonyl (C=S) groups is 1. The lowest BCUT2D eigenvalue weighted by Gasteiger charge is -2.32. The molecule has 0 saturated carbocycles. The Labute approximate surface area is 197 Å². The van der Waals surface area contributed by atoms with Crippen molar-refractivity contribution in [1.29, 1.82) is 0 Å². The zero-order valence-electron chi connectivity index (χ0n) is 18.9. The van der Waals surface area contributed by atoms with Crippen molar-refractivity contribution in [3.63, 3.8) is 0 Å². The van der Waals surface area contributed by atoms with Crippen LogP contribution >= 0.6 is 23.8 Å². The molecule has 0 bridgehead atoms. The maximum atomic E-state index is 6.29. The number of aryl methyl sites for hydroxylation is 2. The van der Waals surface area contributed by atoms with Gasteiger partial charge in [-0.05, 0) is 79.7 Å². The SMILES string of the molecule is CCCN1CCCc2cc(CN(CCCOC)C(=S)Nc3ccc(C)c(Cl)c3)ccc21. The van der Waals surface area contributed by atoms with Crippen LogP contribution in [-0.4, -0.2) is 43.4 Å². The maximum absolute atomic E-state index is 6.29. The topological polar surface area (TPSA) is 27.7 Å². The lowest BCUT2D eigenvalue weighted by molar-refractivity contribution is 0.185. The van der Waals surface area contributed by atoms with Gasteiger partial charge >= 0.3 is 0 Å². The Kier molecular flexibility index (Phi) is 9.00. The van der Waals surface area contributed by atoms with Crippen molar-refractivity contribution in [3.05, 3.63) is 58.1 Å². The van der Waals surface area contributed by atoms with E-state index in [0.29, 0.717) is 11.7 Å². The Balaban J connectivity index is 1.74. The fourth-order valence-corrected chi connectivity index (χ4v) is 4.53. The molecular formula is C25H34ClN3OS. The van der Waals surface area contributed by atoms with Gasteiger partial charge < -0.3 is 19.9 Å². The number of anilines is 2. The second-order valence-corrected chi connectivity index (χ2v) is 9.01. The second kappa shape index (κ2) is 11.7. The molecule has 31 heavy (non-hydrogen) atoms. The van der Waals surface area contributed by atoms with Crippen molar-refractivity contribution in [2.75, 3.05) is 43.6 Å². The van der Waals surface area contributed by atoms with Crippen LogP contribution in [-0.2, 0) is 17.7 Å². The van der Waals surface area contributed by atoms with Crippen LogP contribution < -0.4 is 10.2 Å². The Bertz CT molecular complexity index is 889. The lowest BCUT2D eigenvalue weighted by Crippen LogP contribution is -2.35. The predicted octanol–water partition coefficient (Wildman–Crippen LogP) is 6.05. The largest absolute Gasteiger partial charge is 0.385 e. The third-order valence-electron chi connectivity index (χ3n) is 5.71. The van der Waals surface area contributed by atoms with E-state index in [1.165, 1.54) is 29.7 Å². The number of hydrogen-bond acceptors (Lipinski definition) is 3. The molecule has 6 heteroatoms. The van der Waals surface area contributed by atoms with Gasteiger partial charge in [-0.3, -0.25) is 0 Å². The van der Waals surface area contributed by atoms with Crippen LogP contribution in [0.5, 0.6) is 0 Å². The Morgan fingerprint density at radius 2 is 2.10 bits per heavy atom. The van der Waals surface area contributed by atoms with Crippen molar-refractivity contribution >= 4 is 40.3 Å². The second-order valence-electron chi connectivity index (χ2n) is 8.22. The van der Waals surface area contributed by atoms with Gasteiger partial charge in [0.2, 0.25) is 0 Å². The highest BCUT2D eigenvalue weighted by molar-refractivity contribution is 7.80. The summed E-state index contributed by atoms with van der Waals surface area (Å²) >= 11 is 12.1. The highest BCUT2D eigenvalue weighted by Crippen LogP contribution is 2.29. The predicted molar refractivity (Wildman–Crippen MR) is 137 cm³/mol. The van der Waals surface area contributed by atoms with Crippen LogP contribution in [0.15, 0.2) is 36.4 Å². The number of fused-ring (bicyclic) bond motifs is 1. The minimum absolute atomic E-state index is 0.710. The van der Waals surface area contributed by atoms with Crippen molar-refractivity contribution in [1.82, 2.24) is 4.90 Å². The number of ether oxygens (including phenoxy) is 1. The minimum atomic E-state index is 0.710. The summed E-state index contributed by atoms with van der Waals surface area (Å²) < 4.78 is 5.27. The van der Waals surface area contributed by atoms with Gasteiger partial charge in [-0.15, -0.1) is 0 Å². The van der Waals surface area contributed by atoms with Gasteiger partial charge in [0.15, 0.2) is 5.11 Å². The molecule has 0 unspecified atom stereocenters. The number of nitrogens with one attached hydrogen (secondary N) is 1. The molecule has 1 aliphatic heterocycles. The van der Waals surface area contributed by atoms with Crippen molar-refractivity contribution < 1.29 is 4.74 Å². The molecule has 1 heterocycles. The van der Waals surface area contributed by atoms with Crippen LogP contribution in [0.3, 0.4) is 0 Å². The Morgan fingerprint density at radius 3 is 2.84 bits per heavy atom. The molecule has 0 aromatic heterocycles. The van der Waals surface area contributed by atoms with Gasteiger partial charge in [-0.2, -0.15) is 0 Å². The minimum Gasteiger partial charge on any atom is -0.385 e. The van der Waals surface area contributed by atoms with Crippen LogP contribution in [0.1, 0.15) is 42.9 Å². The summed E-state index contributed by atoms with van der Waals surface area (Å²) in [6.45, 7) is 8.86. The van der Waals surface area contributed by atoms with Gasteiger partial charge in [-0.25, -0.2) is 0 Å². The molecule has 0 aliphatic carbocycles. The van der Waals surface area contributed by atoms with E-state index in [1.807, 2.05) is 25.1 Å². The first-order valence-corrected chi connectivity index (χ1v) is 12.0. The highest BCUT2D eigenvalue weighted by atomic mass is 35.5. The van der Waals surface area contributed by atoms with Crippen molar-refractivity contribution in [2.45, 2.75) is 46.1 Å². The smallest absolute Gasteiger partial charge is 0.173 e. The van der Waals surface area contributed by atoms with Crippen LogP contribution in [0.25, 0.3) is 0 Å². The zero-order valence-corrected chi connectivity index (χ0v) is 20.5. The van der Waals surface area contributed by atoms with Crippen LogP contribution in [0, 0.1) is 6.92 Å². The Morgan fingerprint density at radius 1 is 1.26 bits per heavy atom. The van der Waals surface area contributed by atoms with Crippen molar-refractivity contribution in [2.24, 2.45) is 0 Å². The lowest BCUT2D eigenvalue weighted by atomic mass is 9.99. The molecule has 1 N–H and O–H groups in total. The molecule has 168 valence electrons. The molecule has 2 aromatic rings. The molecule has 0 saturated heterocycles. The average Bonchev–Trinajstić information content (AvgIpc) is 2.76. The van der Waals surface area contributed by atoms with E-state index >= 15 is 0 Å². The standard InChI is InChI=1S/C25H34ClN3OS/c1-4-12-28-13-5-7-21-16-20(9-11-24(21)28)18-29(14-6-15-30-3)25(31)27-22-10-8-19(2)23(26)17-22/h8-11,16-17H,4-7,12-15,18H2,1-3H3,(H,27,31). The first kappa shape index (κ1) is 23.8. The molecule has 3 rings (SSSR count). The van der Waals surface area contributed by atoms with E-state index in [0.717, 1.165) is 55.3 Å². The van der Waals surface area contributed by atoms with E-state index in [2.05, 4.69) is 40.2 Å². The van der Waals surface area contributed by atoms with Gasteiger partial charge in [0.25, 0.3) is 0 Å². The molecule has 4 nitrogen and oxygen atoms in total. The average molecular weight is 460 g/mol. The van der Waals surface area contributed by atoms with Crippen molar-refractivity contribution in [3.8, 4) is 0 Å². The molecule has 1 aliphatic rings. The molecule has 0 fully saturated rings. The third kappa shape index (κ3) is 6.58.